The van der Waals surface area contributed by atoms with Crippen LogP contribution in [0, 0.1) is 0 Å². The Balaban J connectivity index is 2.08. The van der Waals surface area contributed by atoms with E-state index in [-0.39, 0.29) is 6.04 Å². The zero-order valence-corrected chi connectivity index (χ0v) is 12.1. The molecule has 0 fully saturated rings. The molecule has 2 atom stereocenters. The lowest BCUT2D eigenvalue weighted by atomic mass is 9.99. The van der Waals surface area contributed by atoms with E-state index in [1.807, 2.05) is 11.8 Å². The van der Waals surface area contributed by atoms with Crippen LogP contribution in [0.4, 0.5) is 0 Å². The zero-order valence-electron chi connectivity index (χ0n) is 11.3. The second kappa shape index (κ2) is 6.48. The maximum Gasteiger partial charge on any atom is 0.127 e. The minimum atomic E-state index is 0.0806. The molecule has 1 aromatic rings. The van der Waals surface area contributed by atoms with Gasteiger partial charge in [0, 0.05) is 22.6 Å². The van der Waals surface area contributed by atoms with Crippen LogP contribution in [-0.4, -0.2) is 17.6 Å². The molecule has 0 saturated heterocycles. The SMILES string of the molecule is CCC(C)SCC(N)c1cccc2c1OCCC2. The number of hydrogen-bond acceptors (Lipinski definition) is 3. The fourth-order valence-corrected chi connectivity index (χ4v) is 3.13. The average Bonchev–Trinajstić information content (AvgIpc) is 2.43. The third-order valence-electron chi connectivity index (χ3n) is 3.50. The van der Waals surface area contributed by atoms with Crippen molar-refractivity contribution in [2.24, 2.45) is 5.73 Å². The Labute approximate surface area is 114 Å². The van der Waals surface area contributed by atoms with Gasteiger partial charge < -0.3 is 10.5 Å². The number of ether oxygens (including phenoxy) is 1. The van der Waals surface area contributed by atoms with E-state index < -0.39 is 0 Å². The van der Waals surface area contributed by atoms with Crippen molar-refractivity contribution in [2.45, 2.75) is 44.4 Å². The summed E-state index contributed by atoms with van der Waals surface area (Å²) in [5.74, 6) is 2.02. The molecule has 100 valence electrons. The fraction of sp³-hybridized carbons (Fsp3) is 0.600. The molecule has 0 spiro atoms. The molecule has 0 amide bonds. The van der Waals surface area contributed by atoms with E-state index in [2.05, 4.69) is 32.0 Å². The van der Waals surface area contributed by atoms with Gasteiger partial charge in [0.15, 0.2) is 0 Å². The van der Waals surface area contributed by atoms with Gasteiger partial charge in [-0.2, -0.15) is 11.8 Å². The standard InChI is InChI=1S/C15H23NOS/c1-3-11(2)18-10-14(16)13-8-4-6-12-7-5-9-17-15(12)13/h4,6,8,11,14H,3,5,7,9-10,16H2,1-2H3. The van der Waals surface area contributed by atoms with Gasteiger partial charge in [-0.1, -0.05) is 32.0 Å². The predicted octanol–water partition coefficient (Wildman–Crippen LogP) is 3.54. The number of benzene rings is 1. The highest BCUT2D eigenvalue weighted by Gasteiger charge is 2.18. The first-order valence-corrected chi connectivity index (χ1v) is 7.89. The van der Waals surface area contributed by atoms with Crippen LogP contribution in [0.15, 0.2) is 18.2 Å². The molecule has 0 bridgehead atoms. The Kier molecular flexibility index (Phi) is 4.95. The lowest BCUT2D eigenvalue weighted by Crippen LogP contribution is -2.18. The second-order valence-electron chi connectivity index (χ2n) is 4.95. The van der Waals surface area contributed by atoms with Gasteiger partial charge in [0.25, 0.3) is 0 Å². The summed E-state index contributed by atoms with van der Waals surface area (Å²) in [6.45, 7) is 5.31. The summed E-state index contributed by atoms with van der Waals surface area (Å²) in [4.78, 5) is 0. The third kappa shape index (κ3) is 3.21. The van der Waals surface area contributed by atoms with Gasteiger partial charge in [-0.05, 0) is 24.8 Å². The summed E-state index contributed by atoms with van der Waals surface area (Å²) in [5, 5.41) is 0.677. The Morgan fingerprint density at radius 3 is 3.06 bits per heavy atom. The highest BCUT2D eigenvalue weighted by molar-refractivity contribution is 7.99. The number of rotatable bonds is 5. The third-order valence-corrected chi connectivity index (χ3v) is 4.95. The lowest BCUT2D eigenvalue weighted by molar-refractivity contribution is 0.284. The predicted molar refractivity (Wildman–Crippen MR) is 79.4 cm³/mol. The molecule has 3 heteroatoms. The highest BCUT2D eigenvalue weighted by Crippen LogP contribution is 2.33. The van der Waals surface area contributed by atoms with Crippen molar-refractivity contribution in [3.63, 3.8) is 0 Å². The second-order valence-corrected chi connectivity index (χ2v) is 6.42. The van der Waals surface area contributed by atoms with Crippen molar-refractivity contribution >= 4 is 11.8 Å². The molecule has 0 aliphatic carbocycles. The maximum absolute atomic E-state index is 6.32. The van der Waals surface area contributed by atoms with E-state index >= 15 is 0 Å². The molecule has 1 aromatic carbocycles. The highest BCUT2D eigenvalue weighted by atomic mass is 32.2. The van der Waals surface area contributed by atoms with Gasteiger partial charge in [0.05, 0.1) is 6.61 Å². The molecule has 2 unspecified atom stereocenters. The van der Waals surface area contributed by atoms with E-state index in [1.54, 1.807) is 0 Å². The quantitative estimate of drug-likeness (QED) is 0.884. The van der Waals surface area contributed by atoms with Crippen molar-refractivity contribution in [3.05, 3.63) is 29.3 Å². The van der Waals surface area contributed by atoms with Crippen LogP contribution < -0.4 is 10.5 Å². The normalized spacial score (nSPS) is 17.7. The molecule has 1 aliphatic heterocycles. The molecule has 1 heterocycles. The van der Waals surface area contributed by atoms with Crippen LogP contribution >= 0.6 is 11.8 Å². The number of thioether (sulfide) groups is 1. The molecular weight excluding hydrogens is 242 g/mol. The molecule has 0 saturated carbocycles. The van der Waals surface area contributed by atoms with Crippen molar-refractivity contribution in [3.8, 4) is 5.75 Å². The summed E-state index contributed by atoms with van der Waals surface area (Å²) >= 11 is 1.95. The lowest BCUT2D eigenvalue weighted by Gasteiger charge is -2.23. The fourth-order valence-electron chi connectivity index (χ4n) is 2.18. The number of hydrogen-bond donors (Lipinski definition) is 1. The van der Waals surface area contributed by atoms with Crippen LogP contribution in [0.5, 0.6) is 5.75 Å². The number of para-hydroxylation sites is 1. The smallest absolute Gasteiger partial charge is 0.127 e. The van der Waals surface area contributed by atoms with Gasteiger partial charge in [-0.25, -0.2) is 0 Å². The largest absolute Gasteiger partial charge is 0.493 e. The van der Waals surface area contributed by atoms with Crippen LogP contribution in [-0.2, 0) is 6.42 Å². The summed E-state index contributed by atoms with van der Waals surface area (Å²) in [5.41, 5.74) is 8.83. The van der Waals surface area contributed by atoms with Crippen molar-refractivity contribution in [2.75, 3.05) is 12.4 Å². The molecule has 2 rings (SSSR count). The molecule has 2 nitrogen and oxygen atoms in total. The minimum Gasteiger partial charge on any atom is -0.493 e. The van der Waals surface area contributed by atoms with E-state index in [9.17, 15) is 0 Å². The van der Waals surface area contributed by atoms with Crippen LogP contribution in [0.1, 0.15) is 43.9 Å². The topological polar surface area (TPSA) is 35.2 Å². The average molecular weight is 265 g/mol. The summed E-state index contributed by atoms with van der Waals surface area (Å²) < 4.78 is 5.82. The molecule has 2 N–H and O–H groups in total. The molecule has 1 aliphatic rings. The van der Waals surface area contributed by atoms with E-state index in [1.165, 1.54) is 17.5 Å². The summed E-state index contributed by atoms with van der Waals surface area (Å²) in [7, 11) is 0. The monoisotopic (exact) mass is 265 g/mol. The van der Waals surface area contributed by atoms with Crippen molar-refractivity contribution in [1.29, 1.82) is 0 Å². The van der Waals surface area contributed by atoms with Gasteiger partial charge >= 0.3 is 0 Å². The first-order valence-electron chi connectivity index (χ1n) is 6.84. The van der Waals surface area contributed by atoms with Gasteiger partial charge in [0.2, 0.25) is 0 Å². The Morgan fingerprint density at radius 2 is 2.28 bits per heavy atom. The van der Waals surface area contributed by atoms with Crippen molar-refractivity contribution in [1.82, 2.24) is 0 Å². The summed E-state index contributed by atoms with van der Waals surface area (Å²) in [6.07, 6.45) is 3.43. The summed E-state index contributed by atoms with van der Waals surface area (Å²) in [6, 6.07) is 6.46. The Bertz CT molecular complexity index is 394. The number of fused-ring (bicyclic) bond motifs is 1. The van der Waals surface area contributed by atoms with Crippen molar-refractivity contribution < 1.29 is 4.74 Å². The Hall–Kier alpha value is -0.670. The number of aryl methyl sites for hydroxylation is 1. The van der Waals surface area contributed by atoms with Gasteiger partial charge in [0.1, 0.15) is 5.75 Å². The first kappa shape index (κ1) is 13.8. The van der Waals surface area contributed by atoms with Crippen LogP contribution in [0.25, 0.3) is 0 Å². The molecule has 0 aromatic heterocycles. The van der Waals surface area contributed by atoms with Gasteiger partial charge in [-0.15, -0.1) is 0 Å². The van der Waals surface area contributed by atoms with E-state index in [0.717, 1.165) is 31.0 Å². The zero-order chi connectivity index (χ0) is 13.0. The molecule has 0 radical (unpaired) electrons. The van der Waals surface area contributed by atoms with E-state index in [0.29, 0.717) is 5.25 Å². The first-order chi connectivity index (χ1) is 8.72. The van der Waals surface area contributed by atoms with Crippen LogP contribution in [0.2, 0.25) is 0 Å². The van der Waals surface area contributed by atoms with Gasteiger partial charge in [-0.3, -0.25) is 0 Å². The van der Waals surface area contributed by atoms with Crippen LogP contribution in [0.3, 0.4) is 0 Å². The van der Waals surface area contributed by atoms with E-state index in [4.69, 9.17) is 10.5 Å². The maximum atomic E-state index is 6.32. The Morgan fingerprint density at radius 1 is 1.44 bits per heavy atom. The molecular formula is C15H23NOS. The minimum absolute atomic E-state index is 0.0806. The number of nitrogens with two attached hydrogens (primary N) is 1. The molecule has 18 heavy (non-hydrogen) atoms.